The Kier molecular flexibility index (Phi) is 3.79. The topological polar surface area (TPSA) is 78.3 Å². The Labute approximate surface area is 97.1 Å². The molecule has 15 heavy (non-hydrogen) atoms. The highest BCUT2D eigenvalue weighted by atomic mass is 35.5. The number of carbonyl (C=O) groups excluding carboxylic acids is 1. The van der Waals surface area contributed by atoms with Gasteiger partial charge in [0.2, 0.25) is 5.91 Å². The lowest BCUT2D eigenvalue weighted by atomic mass is 10.1. The van der Waals surface area contributed by atoms with Crippen molar-refractivity contribution in [2.24, 2.45) is 11.5 Å². The van der Waals surface area contributed by atoms with Crippen LogP contribution in [0.3, 0.4) is 0 Å². The van der Waals surface area contributed by atoms with Gasteiger partial charge in [0.05, 0.1) is 12.1 Å². The van der Waals surface area contributed by atoms with E-state index in [1.807, 2.05) is 0 Å². The number of halogens is 2. The first-order chi connectivity index (χ1) is 6.97. The molecule has 4 N–H and O–H groups in total. The molecule has 4 nitrogen and oxygen atoms in total. The van der Waals surface area contributed by atoms with Gasteiger partial charge in [0.1, 0.15) is 11.8 Å². The third-order valence-electron chi connectivity index (χ3n) is 1.88. The molecule has 0 aromatic heterocycles. The highest BCUT2D eigenvalue weighted by molar-refractivity contribution is 6.35. The van der Waals surface area contributed by atoms with Crippen molar-refractivity contribution >= 4 is 29.1 Å². The zero-order valence-electron chi connectivity index (χ0n) is 7.96. The quantitative estimate of drug-likeness (QED) is 0.851. The Morgan fingerprint density at radius 2 is 2.07 bits per heavy atom. The maximum absolute atomic E-state index is 10.9. The Balaban J connectivity index is 3.32. The van der Waals surface area contributed by atoms with Crippen LogP contribution in [0.1, 0.15) is 11.6 Å². The molecule has 0 aliphatic carbocycles. The first kappa shape index (κ1) is 12.1. The van der Waals surface area contributed by atoms with Gasteiger partial charge >= 0.3 is 0 Å². The third kappa shape index (κ3) is 2.53. The molecule has 1 atom stereocenters. The van der Waals surface area contributed by atoms with Gasteiger partial charge in [-0.05, 0) is 12.1 Å². The second kappa shape index (κ2) is 4.70. The van der Waals surface area contributed by atoms with E-state index in [4.69, 9.17) is 39.4 Å². The van der Waals surface area contributed by atoms with Crippen LogP contribution < -0.4 is 16.2 Å². The number of rotatable bonds is 3. The normalized spacial score (nSPS) is 12.3. The lowest BCUT2D eigenvalue weighted by molar-refractivity contribution is -0.119. The van der Waals surface area contributed by atoms with Crippen molar-refractivity contribution in [1.82, 2.24) is 0 Å². The molecule has 0 bridgehead atoms. The molecule has 1 rings (SSSR count). The molecule has 6 heteroatoms. The van der Waals surface area contributed by atoms with Gasteiger partial charge in [-0.3, -0.25) is 4.79 Å². The summed E-state index contributed by atoms with van der Waals surface area (Å²) in [6.07, 6.45) is 0. The van der Waals surface area contributed by atoms with Gasteiger partial charge in [-0.1, -0.05) is 23.2 Å². The molecule has 0 saturated carbocycles. The fourth-order valence-electron chi connectivity index (χ4n) is 1.18. The summed E-state index contributed by atoms with van der Waals surface area (Å²) in [6, 6.07) is 2.01. The standard InChI is InChI=1S/C9H10Cl2N2O2/c1-15-8-5(7(12)9(13)14)2-4(10)3-6(8)11/h2-3,7H,12H2,1H3,(H2,13,14). The van der Waals surface area contributed by atoms with Crippen molar-refractivity contribution in [2.75, 3.05) is 7.11 Å². The van der Waals surface area contributed by atoms with E-state index in [0.717, 1.165) is 0 Å². The number of ether oxygens (including phenoxy) is 1. The van der Waals surface area contributed by atoms with Gasteiger partial charge in [-0.15, -0.1) is 0 Å². The largest absolute Gasteiger partial charge is 0.495 e. The highest BCUT2D eigenvalue weighted by Gasteiger charge is 2.19. The summed E-state index contributed by atoms with van der Waals surface area (Å²) in [5, 5.41) is 0.657. The maximum Gasteiger partial charge on any atom is 0.239 e. The van der Waals surface area contributed by atoms with E-state index in [1.54, 1.807) is 0 Å². The Bertz CT molecular complexity index is 396. The fraction of sp³-hybridized carbons (Fsp3) is 0.222. The van der Waals surface area contributed by atoms with Gasteiger partial charge in [0.15, 0.2) is 0 Å². The maximum atomic E-state index is 10.9. The summed E-state index contributed by atoms with van der Waals surface area (Å²) in [6.45, 7) is 0. The van der Waals surface area contributed by atoms with Crippen LogP contribution in [0.4, 0.5) is 0 Å². The molecule has 0 fully saturated rings. The van der Waals surface area contributed by atoms with E-state index in [-0.39, 0.29) is 5.02 Å². The highest BCUT2D eigenvalue weighted by Crippen LogP contribution is 2.34. The first-order valence-corrected chi connectivity index (χ1v) is 4.80. The van der Waals surface area contributed by atoms with Crippen LogP contribution in [0.5, 0.6) is 5.75 Å². The van der Waals surface area contributed by atoms with E-state index in [2.05, 4.69) is 0 Å². The second-order valence-corrected chi connectivity index (χ2v) is 3.73. The molecular formula is C9H10Cl2N2O2. The predicted octanol–water partition coefficient (Wildman–Crippen LogP) is 1.49. The van der Waals surface area contributed by atoms with Crippen molar-refractivity contribution in [3.63, 3.8) is 0 Å². The average molecular weight is 249 g/mol. The number of carbonyl (C=O) groups is 1. The summed E-state index contributed by atoms with van der Waals surface area (Å²) < 4.78 is 5.02. The van der Waals surface area contributed by atoms with E-state index >= 15 is 0 Å². The van der Waals surface area contributed by atoms with Crippen LogP contribution in [-0.2, 0) is 4.79 Å². The lowest BCUT2D eigenvalue weighted by Gasteiger charge is -2.14. The SMILES string of the molecule is COc1c(Cl)cc(Cl)cc1C(N)C(N)=O. The van der Waals surface area contributed by atoms with Crippen LogP contribution >= 0.6 is 23.2 Å². The monoisotopic (exact) mass is 248 g/mol. The molecule has 1 aromatic carbocycles. The molecule has 0 aliphatic heterocycles. The number of primary amides is 1. The van der Waals surface area contributed by atoms with Crippen molar-refractivity contribution in [3.05, 3.63) is 27.7 Å². The Hall–Kier alpha value is -0.970. The van der Waals surface area contributed by atoms with Crippen LogP contribution in [-0.4, -0.2) is 13.0 Å². The van der Waals surface area contributed by atoms with Crippen molar-refractivity contribution < 1.29 is 9.53 Å². The van der Waals surface area contributed by atoms with Gasteiger partial charge in [-0.25, -0.2) is 0 Å². The molecular weight excluding hydrogens is 239 g/mol. The molecule has 0 aliphatic rings. The summed E-state index contributed by atoms with van der Waals surface area (Å²) in [7, 11) is 1.42. The van der Waals surface area contributed by atoms with Crippen LogP contribution in [0.25, 0.3) is 0 Å². The Morgan fingerprint density at radius 1 is 1.47 bits per heavy atom. The van der Waals surface area contributed by atoms with Crippen molar-refractivity contribution in [3.8, 4) is 5.75 Å². The number of hydrogen-bond donors (Lipinski definition) is 2. The van der Waals surface area contributed by atoms with Gasteiger partial charge in [0.25, 0.3) is 0 Å². The molecule has 1 unspecified atom stereocenters. The average Bonchev–Trinajstić information content (AvgIpc) is 2.15. The predicted molar refractivity (Wildman–Crippen MR) is 59.1 cm³/mol. The zero-order chi connectivity index (χ0) is 11.6. The summed E-state index contributed by atoms with van der Waals surface area (Å²) in [5.74, 6) is -0.362. The van der Waals surface area contributed by atoms with E-state index < -0.39 is 11.9 Å². The smallest absolute Gasteiger partial charge is 0.239 e. The molecule has 0 heterocycles. The zero-order valence-corrected chi connectivity index (χ0v) is 9.47. The first-order valence-electron chi connectivity index (χ1n) is 4.05. The molecule has 0 spiro atoms. The van der Waals surface area contributed by atoms with E-state index in [0.29, 0.717) is 16.3 Å². The van der Waals surface area contributed by atoms with Crippen LogP contribution in [0, 0.1) is 0 Å². The van der Waals surface area contributed by atoms with Gasteiger partial charge < -0.3 is 16.2 Å². The second-order valence-electron chi connectivity index (χ2n) is 2.89. The molecule has 0 saturated heterocycles. The van der Waals surface area contributed by atoms with Gasteiger partial charge in [-0.2, -0.15) is 0 Å². The number of nitrogens with two attached hydrogens (primary N) is 2. The minimum Gasteiger partial charge on any atom is -0.495 e. The van der Waals surface area contributed by atoms with E-state index in [9.17, 15) is 4.79 Å². The van der Waals surface area contributed by atoms with Gasteiger partial charge in [0, 0.05) is 10.6 Å². The number of benzene rings is 1. The molecule has 82 valence electrons. The van der Waals surface area contributed by atoms with Crippen molar-refractivity contribution in [1.29, 1.82) is 0 Å². The minimum atomic E-state index is -0.990. The summed E-state index contributed by atoms with van der Waals surface area (Å²) in [5.41, 5.74) is 11.0. The number of hydrogen-bond acceptors (Lipinski definition) is 3. The summed E-state index contributed by atoms with van der Waals surface area (Å²) in [4.78, 5) is 10.9. The minimum absolute atomic E-state index is 0.289. The van der Waals surface area contributed by atoms with Crippen LogP contribution in [0.15, 0.2) is 12.1 Å². The molecule has 0 radical (unpaired) electrons. The van der Waals surface area contributed by atoms with E-state index in [1.165, 1.54) is 19.2 Å². The van der Waals surface area contributed by atoms with Crippen LogP contribution in [0.2, 0.25) is 10.0 Å². The third-order valence-corrected chi connectivity index (χ3v) is 2.38. The van der Waals surface area contributed by atoms with Crippen molar-refractivity contribution in [2.45, 2.75) is 6.04 Å². The number of amides is 1. The Morgan fingerprint density at radius 3 is 2.53 bits per heavy atom. The molecule has 1 amide bonds. The molecule has 1 aromatic rings. The summed E-state index contributed by atoms with van der Waals surface area (Å²) >= 11 is 11.6. The lowest BCUT2D eigenvalue weighted by Crippen LogP contribution is -2.28. The fourth-order valence-corrected chi connectivity index (χ4v) is 1.77. The number of methoxy groups -OCH3 is 1.